The monoisotopic (exact) mass is 373 g/mol. The Morgan fingerprint density at radius 1 is 1.33 bits per heavy atom. The fraction of sp³-hybridized carbons (Fsp3) is 0.429. The largest absolute Gasteiger partial charge is 0.479 e. The molecular weight excluding hydrogens is 358 g/mol. The van der Waals surface area contributed by atoms with Gasteiger partial charge in [-0.15, -0.1) is 11.8 Å². The van der Waals surface area contributed by atoms with Crippen molar-refractivity contribution in [3.63, 3.8) is 0 Å². The van der Waals surface area contributed by atoms with Crippen molar-refractivity contribution >= 4 is 39.6 Å². The maximum Gasteiger partial charge on any atom is 0.335 e. The van der Waals surface area contributed by atoms with Crippen LogP contribution < -0.4 is 0 Å². The summed E-state index contributed by atoms with van der Waals surface area (Å²) in [5.74, 6) is -0.937. The Bertz CT molecular complexity index is 544. The number of hydrogen-bond donors (Lipinski definition) is 2. The lowest BCUT2D eigenvalue weighted by atomic mass is 9.92. The summed E-state index contributed by atoms with van der Waals surface area (Å²) < 4.78 is 0.962. The summed E-state index contributed by atoms with van der Waals surface area (Å²) in [5, 5.41) is 18.8. The highest BCUT2D eigenvalue weighted by Crippen LogP contribution is 2.25. The Hall–Kier alpha value is -1.05. The highest BCUT2D eigenvalue weighted by atomic mass is 79.9. The molecule has 0 saturated carbocycles. The number of carbonyl (C=O) groups is 2. The number of aliphatic carboxylic acids is 1. The van der Waals surface area contributed by atoms with E-state index in [0.717, 1.165) is 9.37 Å². The maximum absolute atomic E-state index is 12.1. The minimum Gasteiger partial charge on any atom is -0.479 e. The summed E-state index contributed by atoms with van der Waals surface area (Å²) >= 11 is 4.82. The second kappa shape index (κ2) is 6.81. The summed E-state index contributed by atoms with van der Waals surface area (Å²) in [7, 11) is 0. The van der Waals surface area contributed by atoms with Gasteiger partial charge >= 0.3 is 5.97 Å². The molecule has 0 aromatic heterocycles. The van der Waals surface area contributed by atoms with Gasteiger partial charge in [0.1, 0.15) is 0 Å². The van der Waals surface area contributed by atoms with E-state index in [0.29, 0.717) is 5.75 Å². The van der Waals surface area contributed by atoms with E-state index in [-0.39, 0.29) is 31.8 Å². The van der Waals surface area contributed by atoms with Gasteiger partial charge in [-0.2, -0.15) is 0 Å². The molecule has 5 nitrogen and oxygen atoms in total. The minimum atomic E-state index is -1.69. The zero-order valence-corrected chi connectivity index (χ0v) is 13.7. The zero-order valence-electron chi connectivity index (χ0n) is 11.3. The van der Waals surface area contributed by atoms with Gasteiger partial charge in [0.05, 0.1) is 5.75 Å². The van der Waals surface area contributed by atoms with Crippen LogP contribution in [0.2, 0.25) is 0 Å². The van der Waals surface area contributed by atoms with Crippen LogP contribution in [-0.4, -0.2) is 51.4 Å². The van der Waals surface area contributed by atoms with Crippen LogP contribution in [0.1, 0.15) is 12.8 Å². The number of aliphatic hydroxyl groups is 1. The van der Waals surface area contributed by atoms with Crippen LogP contribution in [0, 0.1) is 0 Å². The van der Waals surface area contributed by atoms with Crippen LogP contribution in [0.15, 0.2) is 33.6 Å². The first-order valence-electron chi connectivity index (χ1n) is 6.53. The van der Waals surface area contributed by atoms with E-state index < -0.39 is 11.6 Å². The molecule has 1 aromatic rings. The summed E-state index contributed by atoms with van der Waals surface area (Å²) in [6.45, 7) is 0.557. The fourth-order valence-corrected chi connectivity index (χ4v) is 3.54. The van der Waals surface area contributed by atoms with Gasteiger partial charge in [-0.25, -0.2) is 4.79 Å². The Labute approximate surface area is 135 Å². The van der Waals surface area contributed by atoms with E-state index in [9.17, 15) is 14.7 Å². The highest BCUT2D eigenvalue weighted by Gasteiger charge is 2.40. The number of amides is 1. The Morgan fingerprint density at radius 3 is 2.57 bits per heavy atom. The maximum atomic E-state index is 12.1. The molecule has 0 atom stereocenters. The zero-order chi connectivity index (χ0) is 15.5. The lowest BCUT2D eigenvalue weighted by Gasteiger charge is -2.35. The number of rotatable bonds is 4. The standard InChI is InChI=1S/C14H16BrNO4S/c15-10-2-1-3-11(8-10)21-9-12(17)16-6-4-14(20,5-7-16)13(18)19/h1-3,8,20H,4-7,9H2,(H,18,19). The molecular formula is C14H16BrNO4S. The highest BCUT2D eigenvalue weighted by molar-refractivity contribution is 9.10. The first-order chi connectivity index (χ1) is 9.90. The number of nitrogens with zero attached hydrogens (tertiary/aromatic N) is 1. The third-order valence-corrected chi connectivity index (χ3v) is 4.97. The van der Waals surface area contributed by atoms with Crippen LogP contribution in [0.4, 0.5) is 0 Å². The van der Waals surface area contributed by atoms with E-state index >= 15 is 0 Å². The lowest BCUT2D eigenvalue weighted by Crippen LogP contribution is -2.51. The second-order valence-corrected chi connectivity index (χ2v) is 6.93. The molecule has 7 heteroatoms. The van der Waals surface area contributed by atoms with Gasteiger partial charge in [0.15, 0.2) is 5.60 Å². The van der Waals surface area contributed by atoms with E-state index in [4.69, 9.17) is 5.11 Å². The van der Waals surface area contributed by atoms with Crippen molar-refractivity contribution in [1.29, 1.82) is 0 Å². The molecule has 0 unspecified atom stereocenters. The number of likely N-dealkylation sites (tertiary alicyclic amines) is 1. The van der Waals surface area contributed by atoms with Gasteiger partial charge in [0.2, 0.25) is 5.91 Å². The fourth-order valence-electron chi connectivity index (χ4n) is 2.13. The molecule has 0 radical (unpaired) electrons. The number of thioether (sulfide) groups is 1. The molecule has 1 aliphatic heterocycles. The minimum absolute atomic E-state index is 0.0348. The van der Waals surface area contributed by atoms with Crippen molar-refractivity contribution in [1.82, 2.24) is 4.90 Å². The molecule has 114 valence electrons. The average molecular weight is 374 g/mol. The third-order valence-electron chi connectivity index (χ3n) is 3.50. The molecule has 1 aromatic carbocycles. The van der Waals surface area contributed by atoms with Crippen LogP contribution in [0.25, 0.3) is 0 Å². The summed E-state index contributed by atoms with van der Waals surface area (Å²) in [6.07, 6.45) is 0.158. The van der Waals surface area contributed by atoms with Crippen LogP contribution in [0.5, 0.6) is 0 Å². The van der Waals surface area contributed by atoms with Crippen LogP contribution in [0.3, 0.4) is 0 Å². The van der Waals surface area contributed by atoms with Gasteiger partial charge in [0, 0.05) is 35.3 Å². The van der Waals surface area contributed by atoms with Crippen molar-refractivity contribution in [2.45, 2.75) is 23.3 Å². The number of hydrogen-bond acceptors (Lipinski definition) is 4. The number of benzene rings is 1. The Kier molecular flexibility index (Phi) is 5.29. The molecule has 1 heterocycles. The SMILES string of the molecule is O=C(CSc1cccc(Br)c1)N1CCC(O)(C(=O)O)CC1. The van der Waals surface area contributed by atoms with Gasteiger partial charge < -0.3 is 15.1 Å². The molecule has 1 fully saturated rings. The van der Waals surface area contributed by atoms with E-state index in [1.165, 1.54) is 11.8 Å². The van der Waals surface area contributed by atoms with Crippen LogP contribution in [-0.2, 0) is 9.59 Å². The van der Waals surface area contributed by atoms with Gasteiger partial charge in [-0.1, -0.05) is 22.0 Å². The smallest absolute Gasteiger partial charge is 0.335 e. The second-order valence-electron chi connectivity index (χ2n) is 4.96. The van der Waals surface area contributed by atoms with Crippen LogP contribution >= 0.6 is 27.7 Å². The van der Waals surface area contributed by atoms with Crippen molar-refractivity contribution < 1.29 is 19.8 Å². The average Bonchev–Trinajstić information content (AvgIpc) is 2.45. The molecule has 1 aliphatic rings. The molecule has 0 bridgehead atoms. The quantitative estimate of drug-likeness (QED) is 0.789. The van der Waals surface area contributed by atoms with Crippen molar-refractivity contribution in [2.24, 2.45) is 0 Å². The number of piperidine rings is 1. The summed E-state index contributed by atoms with van der Waals surface area (Å²) in [6, 6.07) is 7.70. The number of carboxylic acid groups (broad SMARTS) is 1. The first kappa shape index (κ1) is 16.3. The van der Waals surface area contributed by atoms with E-state index in [2.05, 4.69) is 15.9 Å². The predicted octanol–water partition coefficient (Wildman–Crippen LogP) is 1.98. The Balaban J connectivity index is 1.84. The molecule has 1 saturated heterocycles. The van der Waals surface area contributed by atoms with Gasteiger partial charge in [0.25, 0.3) is 0 Å². The van der Waals surface area contributed by atoms with Crippen molar-refractivity contribution in [2.75, 3.05) is 18.8 Å². The molecule has 2 rings (SSSR count). The molecule has 0 spiro atoms. The molecule has 21 heavy (non-hydrogen) atoms. The van der Waals surface area contributed by atoms with Crippen molar-refractivity contribution in [3.8, 4) is 0 Å². The van der Waals surface area contributed by atoms with E-state index in [1.807, 2.05) is 24.3 Å². The molecule has 2 N–H and O–H groups in total. The third kappa shape index (κ3) is 4.21. The molecule has 1 amide bonds. The van der Waals surface area contributed by atoms with E-state index in [1.54, 1.807) is 4.90 Å². The normalized spacial score (nSPS) is 17.5. The lowest BCUT2D eigenvalue weighted by molar-refractivity contribution is -0.165. The molecule has 0 aliphatic carbocycles. The summed E-state index contributed by atoms with van der Waals surface area (Å²) in [4.78, 5) is 25.6. The Morgan fingerprint density at radius 2 is 2.00 bits per heavy atom. The van der Waals surface area contributed by atoms with Crippen molar-refractivity contribution in [3.05, 3.63) is 28.7 Å². The number of carboxylic acids is 1. The summed E-state index contributed by atoms with van der Waals surface area (Å²) in [5.41, 5.74) is -1.69. The van der Waals surface area contributed by atoms with Gasteiger partial charge in [-0.3, -0.25) is 4.79 Å². The topological polar surface area (TPSA) is 77.8 Å². The van der Waals surface area contributed by atoms with Gasteiger partial charge in [-0.05, 0) is 18.2 Å². The number of carbonyl (C=O) groups excluding carboxylic acids is 1. The number of halogens is 1. The first-order valence-corrected chi connectivity index (χ1v) is 8.30. The predicted molar refractivity (Wildman–Crippen MR) is 83.3 cm³/mol.